The largest absolute Gasteiger partial charge is 0.361 e. The second kappa shape index (κ2) is 4.77. The normalized spacial score (nSPS) is 20.9. The Morgan fingerprint density at radius 1 is 1.39 bits per heavy atom. The van der Waals surface area contributed by atoms with Crippen LogP contribution < -0.4 is 0 Å². The van der Waals surface area contributed by atoms with Crippen molar-refractivity contribution in [3.05, 3.63) is 35.5 Å². The number of H-pyrrole nitrogens is 1. The molecular formula is C16H22N2. The Bertz CT molecular complexity index is 541. The summed E-state index contributed by atoms with van der Waals surface area (Å²) in [4.78, 5) is 5.91. The van der Waals surface area contributed by atoms with Crippen molar-refractivity contribution in [2.75, 3.05) is 13.6 Å². The van der Waals surface area contributed by atoms with E-state index in [2.05, 4.69) is 48.3 Å². The van der Waals surface area contributed by atoms with Crippen LogP contribution in [0, 0.1) is 0 Å². The molecule has 1 fully saturated rings. The number of likely N-dealkylation sites (N-methyl/N-ethyl adjacent to an activating group) is 1. The zero-order valence-corrected chi connectivity index (χ0v) is 11.4. The quantitative estimate of drug-likeness (QED) is 0.874. The maximum absolute atomic E-state index is 3.41. The topological polar surface area (TPSA) is 19.0 Å². The van der Waals surface area contributed by atoms with Crippen LogP contribution in [0.5, 0.6) is 0 Å². The lowest BCUT2D eigenvalue weighted by Gasteiger charge is -2.18. The molecule has 1 atom stereocenters. The van der Waals surface area contributed by atoms with Crippen LogP contribution >= 0.6 is 0 Å². The summed E-state index contributed by atoms with van der Waals surface area (Å²) in [5.74, 6) is 0. The summed E-state index contributed by atoms with van der Waals surface area (Å²) in [5, 5.41) is 1.43. The Hall–Kier alpha value is -1.28. The molecule has 0 aliphatic carbocycles. The van der Waals surface area contributed by atoms with Gasteiger partial charge in [0.1, 0.15) is 0 Å². The molecule has 0 saturated carbocycles. The maximum Gasteiger partial charge on any atom is 0.0456 e. The number of benzene rings is 1. The van der Waals surface area contributed by atoms with Crippen LogP contribution in [0.1, 0.15) is 30.9 Å². The van der Waals surface area contributed by atoms with E-state index in [-0.39, 0.29) is 0 Å². The zero-order chi connectivity index (χ0) is 12.5. The molecule has 0 spiro atoms. The molecule has 0 radical (unpaired) electrons. The minimum Gasteiger partial charge on any atom is -0.361 e. The van der Waals surface area contributed by atoms with E-state index in [1.54, 1.807) is 0 Å². The van der Waals surface area contributed by atoms with Crippen molar-refractivity contribution in [3.8, 4) is 0 Å². The minimum atomic E-state index is 0.731. The number of aromatic amines is 1. The lowest BCUT2D eigenvalue weighted by Crippen LogP contribution is -2.26. The third kappa shape index (κ3) is 2.05. The maximum atomic E-state index is 3.41. The molecule has 0 amide bonds. The molecule has 1 aliphatic rings. The van der Waals surface area contributed by atoms with Crippen LogP contribution in [-0.4, -0.2) is 29.5 Å². The van der Waals surface area contributed by atoms with Crippen molar-refractivity contribution in [2.45, 2.75) is 38.6 Å². The average molecular weight is 242 g/mol. The lowest BCUT2D eigenvalue weighted by molar-refractivity contribution is 0.310. The Labute approximate surface area is 109 Å². The van der Waals surface area contributed by atoms with E-state index in [9.17, 15) is 0 Å². The molecule has 1 aromatic heterocycles. The van der Waals surface area contributed by atoms with Gasteiger partial charge in [0.15, 0.2) is 0 Å². The van der Waals surface area contributed by atoms with Gasteiger partial charge in [0.05, 0.1) is 0 Å². The van der Waals surface area contributed by atoms with E-state index < -0.39 is 0 Å². The molecule has 2 heterocycles. The van der Waals surface area contributed by atoms with Gasteiger partial charge in [-0.2, -0.15) is 0 Å². The SMILES string of the molecule is CCc1ccc2[nH]cc(C[C@H]3CCCN3C)c2c1. The van der Waals surface area contributed by atoms with Crippen LogP contribution in [0.4, 0.5) is 0 Å². The standard InChI is InChI=1S/C16H22N2/c1-3-12-6-7-16-15(9-12)13(11-17-16)10-14-5-4-8-18(14)2/h6-7,9,11,14,17H,3-5,8,10H2,1-2H3/t14-/m1/s1. The van der Waals surface area contributed by atoms with Gasteiger partial charge < -0.3 is 9.88 Å². The van der Waals surface area contributed by atoms with Gasteiger partial charge in [0.25, 0.3) is 0 Å². The molecule has 3 rings (SSSR count). The van der Waals surface area contributed by atoms with Crippen LogP contribution in [-0.2, 0) is 12.8 Å². The van der Waals surface area contributed by atoms with Gasteiger partial charge in [-0.25, -0.2) is 0 Å². The van der Waals surface area contributed by atoms with Crippen molar-refractivity contribution in [2.24, 2.45) is 0 Å². The first-order valence-electron chi connectivity index (χ1n) is 7.07. The van der Waals surface area contributed by atoms with Crippen LogP contribution in [0.3, 0.4) is 0 Å². The number of aromatic nitrogens is 1. The zero-order valence-electron chi connectivity index (χ0n) is 11.4. The highest BCUT2D eigenvalue weighted by molar-refractivity contribution is 5.84. The van der Waals surface area contributed by atoms with E-state index in [0.717, 1.165) is 12.5 Å². The Morgan fingerprint density at radius 3 is 3.00 bits per heavy atom. The molecule has 0 unspecified atom stereocenters. The molecule has 96 valence electrons. The highest BCUT2D eigenvalue weighted by Crippen LogP contribution is 2.25. The van der Waals surface area contributed by atoms with Crippen molar-refractivity contribution < 1.29 is 0 Å². The smallest absolute Gasteiger partial charge is 0.0456 e. The molecule has 1 aliphatic heterocycles. The van der Waals surface area contributed by atoms with Gasteiger partial charge in [-0.15, -0.1) is 0 Å². The highest BCUT2D eigenvalue weighted by Gasteiger charge is 2.21. The van der Waals surface area contributed by atoms with E-state index in [1.807, 2.05) is 0 Å². The fraction of sp³-hybridized carbons (Fsp3) is 0.500. The second-order valence-electron chi connectivity index (χ2n) is 5.53. The number of rotatable bonds is 3. The van der Waals surface area contributed by atoms with Crippen molar-refractivity contribution in [3.63, 3.8) is 0 Å². The van der Waals surface area contributed by atoms with E-state index >= 15 is 0 Å². The summed E-state index contributed by atoms with van der Waals surface area (Å²) in [5.41, 5.74) is 4.20. The van der Waals surface area contributed by atoms with Crippen LogP contribution in [0.2, 0.25) is 0 Å². The third-order valence-corrected chi connectivity index (χ3v) is 4.37. The highest BCUT2D eigenvalue weighted by atomic mass is 15.1. The number of aryl methyl sites for hydroxylation is 1. The third-order valence-electron chi connectivity index (χ3n) is 4.37. The molecule has 1 aromatic carbocycles. The number of hydrogen-bond acceptors (Lipinski definition) is 1. The number of nitrogens with one attached hydrogen (secondary N) is 1. The minimum absolute atomic E-state index is 0.731. The first-order valence-corrected chi connectivity index (χ1v) is 7.07. The van der Waals surface area contributed by atoms with Crippen molar-refractivity contribution in [1.82, 2.24) is 9.88 Å². The number of likely N-dealkylation sites (tertiary alicyclic amines) is 1. The molecule has 1 N–H and O–H groups in total. The second-order valence-corrected chi connectivity index (χ2v) is 5.53. The summed E-state index contributed by atoms with van der Waals surface area (Å²) >= 11 is 0. The Balaban J connectivity index is 1.91. The van der Waals surface area contributed by atoms with E-state index in [4.69, 9.17) is 0 Å². The lowest BCUT2D eigenvalue weighted by atomic mass is 10.0. The predicted molar refractivity (Wildman–Crippen MR) is 77.0 cm³/mol. The Morgan fingerprint density at radius 2 is 2.28 bits per heavy atom. The van der Waals surface area contributed by atoms with Gasteiger partial charge >= 0.3 is 0 Å². The molecule has 1 saturated heterocycles. The summed E-state index contributed by atoms with van der Waals surface area (Å²) < 4.78 is 0. The Kier molecular flexibility index (Phi) is 3.13. The monoisotopic (exact) mass is 242 g/mol. The number of fused-ring (bicyclic) bond motifs is 1. The number of nitrogens with zero attached hydrogens (tertiary/aromatic N) is 1. The van der Waals surface area contributed by atoms with Crippen molar-refractivity contribution in [1.29, 1.82) is 0 Å². The number of hydrogen-bond donors (Lipinski definition) is 1. The van der Waals surface area contributed by atoms with Crippen molar-refractivity contribution >= 4 is 10.9 Å². The van der Waals surface area contributed by atoms with Gasteiger partial charge in [0, 0.05) is 23.1 Å². The summed E-state index contributed by atoms with van der Waals surface area (Å²) in [6.07, 6.45) is 7.20. The van der Waals surface area contributed by atoms with Crippen LogP contribution in [0.25, 0.3) is 10.9 Å². The molecule has 2 aromatic rings. The first kappa shape index (κ1) is 11.8. The van der Waals surface area contributed by atoms with E-state index in [0.29, 0.717) is 0 Å². The van der Waals surface area contributed by atoms with Gasteiger partial charge in [-0.05, 0) is 62.5 Å². The molecule has 18 heavy (non-hydrogen) atoms. The van der Waals surface area contributed by atoms with Gasteiger partial charge in [-0.1, -0.05) is 13.0 Å². The van der Waals surface area contributed by atoms with Gasteiger partial charge in [0.2, 0.25) is 0 Å². The average Bonchev–Trinajstić information content (AvgIpc) is 2.97. The predicted octanol–water partition coefficient (Wildman–Crippen LogP) is 3.37. The summed E-state index contributed by atoms with van der Waals surface area (Å²) in [6, 6.07) is 7.53. The summed E-state index contributed by atoms with van der Waals surface area (Å²) in [6.45, 7) is 3.48. The molecule has 2 heteroatoms. The molecular weight excluding hydrogens is 220 g/mol. The first-order chi connectivity index (χ1) is 8.78. The molecule has 2 nitrogen and oxygen atoms in total. The summed E-state index contributed by atoms with van der Waals surface area (Å²) in [7, 11) is 2.25. The van der Waals surface area contributed by atoms with Gasteiger partial charge in [-0.3, -0.25) is 0 Å². The van der Waals surface area contributed by atoms with E-state index in [1.165, 1.54) is 47.8 Å². The molecule has 0 bridgehead atoms. The fourth-order valence-corrected chi connectivity index (χ4v) is 3.11. The fourth-order valence-electron chi connectivity index (χ4n) is 3.11. The van der Waals surface area contributed by atoms with Crippen LogP contribution in [0.15, 0.2) is 24.4 Å².